The van der Waals surface area contributed by atoms with Gasteiger partial charge >= 0.3 is 0 Å². The van der Waals surface area contributed by atoms with E-state index in [1.165, 1.54) is 11.8 Å². The van der Waals surface area contributed by atoms with E-state index in [-0.39, 0.29) is 24.1 Å². The van der Waals surface area contributed by atoms with Gasteiger partial charge in [-0.3, -0.25) is 9.59 Å². The van der Waals surface area contributed by atoms with Gasteiger partial charge in [0, 0.05) is 23.9 Å². The van der Waals surface area contributed by atoms with Crippen molar-refractivity contribution in [2.24, 2.45) is 5.92 Å². The molecule has 0 aliphatic carbocycles. The maximum Gasteiger partial charge on any atom is 0.242 e. The van der Waals surface area contributed by atoms with Crippen LogP contribution in [0.3, 0.4) is 0 Å². The molecular formula is C23H27Cl3N2O2S. The Hall–Kier alpha value is -1.40. The average Bonchev–Trinajstić information content (AvgIpc) is 2.72. The molecule has 2 rings (SSSR count). The molecule has 0 radical (unpaired) electrons. The zero-order chi connectivity index (χ0) is 23.0. The second-order valence-electron chi connectivity index (χ2n) is 7.71. The van der Waals surface area contributed by atoms with E-state index in [4.69, 9.17) is 34.8 Å². The third-order valence-corrected chi connectivity index (χ3v) is 6.53. The first-order valence-electron chi connectivity index (χ1n) is 10.0. The van der Waals surface area contributed by atoms with E-state index in [0.717, 1.165) is 11.1 Å². The van der Waals surface area contributed by atoms with Crippen LogP contribution >= 0.6 is 46.6 Å². The van der Waals surface area contributed by atoms with Gasteiger partial charge in [0.1, 0.15) is 6.04 Å². The molecule has 0 bridgehead atoms. The molecule has 0 aliphatic heterocycles. The topological polar surface area (TPSA) is 49.4 Å². The predicted octanol–water partition coefficient (Wildman–Crippen LogP) is 6.07. The molecule has 8 heteroatoms. The summed E-state index contributed by atoms with van der Waals surface area (Å²) in [7, 11) is 0. The molecule has 1 N–H and O–H groups in total. The Labute approximate surface area is 203 Å². The summed E-state index contributed by atoms with van der Waals surface area (Å²) in [4.78, 5) is 27.3. The average molecular weight is 502 g/mol. The minimum atomic E-state index is -0.618. The normalized spacial score (nSPS) is 12.0. The molecule has 2 amide bonds. The highest BCUT2D eigenvalue weighted by Gasteiger charge is 2.26. The highest BCUT2D eigenvalue weighted by molar-refractivity contribution is 7.99. The Kier molecular flexibility index (Phi) is 10.5. The first-order chi connectivity index (χ1) is 14.7. The van der Waals surface area contributed by atoms with Gasteiger partial charge in [-0.05, 0) is 48.2 Å². The molecule has 0 spiro atoms. The van der Waals surface area contributed by atoms with Crippen LogP contribution in [0.4, 0.5) is 0 Å². The van der Waals surface area contributed by atoms with E-state index in [1.54, 1.807) is 24.0 Å². The van der Waals surface area contributed by atoms with Crippen molar-refractivity contribution in [2.45, 2.75) is 39.1 Å². The fourth-order valence-electron chi connectivity index (χ4n) is 2.84. The minimum absolute atomic E-state index is 0.120. The van der Waals surface area contributed by atoms with Crippen LogP contribution in [0.15, 0.2) is 42.5 Å². The standard InChI is InChI=1S/C23H27Cl3N2O2S/c1-15(2)11-27-23(30)16(3)28(12-17-7-8-20(25)21(26)10-17)22(29)14-31-13-18-5-4-6-19(24)9-18/h4-10,15-16H,11-14H2,1-3H3,(H,27,30). The van der Waals surface area contributed by atoms with Gasteiger partial charge in [-0.2, -0.15) is 0 Å². The molecule has 0 saturated heterocycles. The Morgan fingerprint density at radius 2 is 1.74 bits per heavy atom. The van der Waals surface area contributed by atoms with Crippen molar-refractivity contribution in [3.63, 3.8) is 0 Å². The summed E-state index contributed by atoms with van der Waals surface area (Å²) < 4.78 is 0. The fraction of sp³-hybridized carbons (Fsp3) is 0.391. The maximum atomic E-state index is 13.1. The zero-order valence-corrected chi connectivity index (χ0v) is 20.9. The van der Waals surface area contributed by atoms with Gasteiger partial charge in [0.2, 0.25) is 11.8 Å². The summed E-state index contributed by atoms with van der Waals surface area (Å²) in [6.45, 7) is 6.62. The highest BCUT2D eigenvalue weighted by atomic mass is 35.5. The number of carbonyl (C=O) groups excluding carboxylic acids is 2. The van der Waals surface area contributed by atoms with Gasteiger partial charge < -0.3 is 10.2 Å². The fourth-order valence-corrected chi connectivity index (χ4v) is 4.23. The van der Waals surface area contributed by atoms with Crippen LogP contribution in [-0.2, 0) is 21.9 Å². The number of hydrogen-bond acceptors (Lipinski definition) is 3. The maximum absolute atomic E-state index is 13.1. The van der Waals surface area contributed by atoms with E-state index in [9.17, 15) is 9.59 Å². The van der Waals surface area contributed by atoms with Gasteiger partial charge in [-0.1, -0.05) is 66.8 Å². The number of hydrogen-bond donors (Lipinski definition) is 1. The van der Waals surface area contributed by atoms with Crippen molar-refractivity contribution in [3.8, 4) is 0 Å². The highest BCUT2D eigenvalue weighted by Crippen LogP contribution is 2.24. The Morgan fingerprint density at radius 1 is 1.00 bits per heavy atom. The van der Waals surface area contributed by atoms with E-state index >= 15 is 0 Å². The molecular weight excluding hydrogens is 475 g/mol. The lowest BCUT2D eigenvalue weighted by Gasteiger charge is -2.29. The number of thioether (sulfide) groups is 1. The van der Waals surface area contributed by atoms with Crippen molar-refractivity contribution in [2.75, 3.05) is 12.3 Å². The van der Waals surface area contributed by atoms with Crippen LogP contribution < -0.4 is 5.32 Å². The second-order valence-corrected chi connectivity index (χ2v) is 9.94. The summed E-state index contributed by atoms with van der Waals surface area (Å²) in [5.74, 6) is 0.923. The molecule has 0 aliphatic rings. The van der Waals surface area contributed by atoms with Gasteiger partial charge in [-0.25, -0.2) is 0 Å². The molecule has 0 aromatic heterocycles. The third kappa shape index (κ3) is 8.57. The lowest BCUT2D eigenvalue weighted by molar-refractivity contribution is -0.138. The quantitative estimate of drug-likeness (QED) is 0.430. The van der Waals surface area contributed by atoms with Crippen molar-refractivity contribution in [1.29, 1.82) is 0 Å². The number of nitrogens with zero attached hydrogens (tertiary/aromatic N) is 1. The molecule has 168 valence electrons. The largest absolute Gasteiger partial charge is 0.354 e. The van der Waals surface area contributed by atoms with Crippen molar-refractivity contribution >= 4 is 58.4 Å². The van der Waals surface area contributed by atoms with Crippen LogP contribution in [0.2, 0.25) is 15.1 Å². The molecule has 1 atom stereocenters. The lowest BCUT2D eigenvalue weighted by atomic mass is 10.1. The summed E-state index contributed by atoms with van der Waals surface area (Å²) in [6, 6.07) is 12.2. The van der Waals surface area contributed by atoms with Crippen LogP contribution in [0.5, 0.6) is 0 Å². The molecule has 0 fully saturated rings. The van der Waals surface area contributed by atoms with Crippen LogP contribution in [0, 0.1) is 5.92 Å². The number of rotatable bonds is 10. The van der Waals surface area contributed by atoms with E-state index < -0.39 is 6.04 Å². The van der Waals surface area contributed by atoms with Crippen molar-refractivity contribution in [3.05, 3.63) is 68.7 Å². The van der Waals surface area contributed by atoms with Gasteiger partial charge in [-0.15, -0.1) is 11.8 Å². The molecule has 0 heterocycles. The molecule has 2 aromatic carbocycles. The van der Waals surface area contributed by atoms with Crippen molar-refractivity contribution in [1.82, 2.24) is 10.2 Å². The Balaban J connectivity index is 2.09. The number of halogens is 3. The van der Waals surface area contributed by atoms with Gasteiger partial charge in [0.25, 0.3) is 0 Å². The van der Waals surface area contributed by atoms with Crippen LogP contribution in [0.25, 0.3) is 0 Å². The summed E-state index contributed by atoms with van der Waals surface area (Å²) in [5.41, 5.74) is 1.86. The number of nitrogens with one attached hydrogen (secondary N) is 1. The van der Waals surface area contributed by atoms with Crippen LogP contribution in [-0.4, -0.2) is 35.1 Å². The molecule has 1 unspecified atom stereocenters. The lowest BCUT2D eigenvalue weighted by Crippen LogP contribution is -2.48. The molecule has 2 aromatic rings. The third-order valence-electron chi connectivity index (χ3n) is 4.57. The number of benzene rings is 2. The Morgan fingerprint density at radius 3 is 2.39 bits per heavy atom. The Bertz CT molecular complexity index is 908. The van der Waals surface area contributed by atoms with Gasteiger partial charge in [0.05, 0.1) is 15.8 Å². The molecule has 4 nitrogen and oxygen atoms in total. The second kappa shape index (κ2) is 12.6. The molecule has 0 saturated carbocycles. The summed E-state index contributed by atoms with van der Waals surface area (Å²) in [5, 5.41) is 4.44. The van der Waals surface area contributed by atoms with Crippen molar-refractivity contribution < 1.29 is 9.59 Å². The van der Waals surface area contributed by atoms with Gasteiger partial charge in [0.15, 0.2) is 0 Å². The number of carbonyl (C=O) groups is 2. The predicted molar refractivity (Wildman–Crippen MR) is 132 cm³/mol. The van der Waals surface area contributed by atoms with E-state index in [1.807, 2.05) is 44.2 Å². The van der Waals surface area contributed by atoms with E-state index in [0.29, 0.717) is 33.3 Å². The minimum Gasteiger partial charge on any atom is -0.354 e. The zero-order valence-electron chi connectivity index (χ0n) is 17.8. The summed E-state index contributed by atoms with van der Waals surface area (Å²) >= 11 is 19.7. The van der Waals surface area contributed by atoms with E-state index in [2.05, 4.69) is 5.32 Å². The number of amides is 2. The van der Waals surface area contributed by atoms with Crippen LogP contribution in [0.1, 0.15) is 31.9 Å². The smallest absolute Gasteiger partial charge is 0.242 e. The molecule has 31 heavy (non-hydrogen) atoms. The first-order valence-corrected chi connectivity index (χ1v) is 12.3. The first kappa shape index (κ1) is 25.9. The summed E-state index contributed by atoms with van der Waals surface area (Å²) in [6.07, 6.45) is 0. The monoisotopic (exact) mass is 500 g/mol. The SMILES string of the molecule is CC(C)CNC(=O)C(C)N(Cc1ccc(Cl)c(Cl)c1)C(=O)CSCc1cccc(Cl)c1.